The van der Waals surface area contributed by atoms with Crippen LogP contribution in [-0.2, 0) is 0 Å². The minimum absolute atomic E-state index is 0.109. The number of ketones is 1. The van der Waals surface area contributed by atoms with Gasteiger partial charge in [0.2, 0.25) is 0 Å². The van der Waals surface area contributed by atoms with Gasteiger partial charge in [-0.1, -0.05) is 30.3 Å². The highest BCUT2D eigenvalue weighted by Crippen LogP contribution is 2.37. The van der Waals surface area contributed by atoms with Gasteiger partial charge in [-0.05, 0) is 18.2 Å². The molecule has 0 spiro atoms. The second-order valence-electron chi connectivity index (χ2n) is 4.47. The predicted molar refractivity (Wildman–Crippen MR) is 71.8 cm³/mol. The van der Waals surface area contributed by atoms with Crippen LogP contribution in [0.25, 0.3) is 0 Å². The number of hydrogen-bond acceptors (Lipinski definition) is 3. The summed E-state index contributed by atoms with van der Waals surface area (Å²) in [5.74, 6) is 1.51. The van der Waals surface area contributed by atoms with E-state index in [0.29, 0.717) is 17.7 Å². The summed E-state index contributed by atoms with van der Waals surface area (Å²) >= 11 is 0. The van der Waals surface area contributed by atoms with Crippen LogP contribution in [0.15, 0.2) is 48.5 Å². The Morgan fingerprint density at radius 1 is 1.11 bits per heavy atom. The zero-order valence-corrected chi connectivity index (χ0v) is 10.6. The summed E-state index contributed by atoms with van der Waals surface area (Å²) in [7, 11) is 1.62. The van der Waals surface area contributed by atoms with Crippen LogP contribution in [-0.4, -0.2) is 12.9 Å². The Hall–Kier alpha value is -2.29. The van der Waals surface area contributed by atoms with Crippen molar-refractivity contribution >= 4 is 5.78 Å². The highest BCUT2D eigenvalue weighted by molar-refractivity contribution is 6.00. The van der Waals surface area contributed by atoms with Crippen molar-refractivity contribution in [2.45, 2.75) is 12.5 Å². The van der Waals surface area contributed by atoms with Crippen molar-refractivity contribution in [2.24, 2.45) is 0 Å². The zero-order valence-electron chi connectivity index (χ0n) is 10.6. The highest BCUT2D eigenvalue weighted by atomic mass is 16.5. The molecule has 96 valence electrons. The van der Waals surface area contributed by atoms with Crippen LogP contribution in [0.5, 0.6) is 11.5 Å². The molecule has 2 aromatic carbocycles. The van der Waals surface area contributed by atoms with E-state index >= 15 is 0 Å². The molecule has 1 aliphatic heterocycles. The van der Waals surface area contributed by atoms with Gasteiger partial charge in [-0.25, -0.2) is 0 Å². The van der Waals surface area contributed by atoms with E-state index < -0.39 is 0 Å². The molecular formula is C16H14O3. The number of para-hydroxylation sites is 2. The fourth-order valence-corrected chi connectivity index (χ4v) is 2.38. The molecule has 1 heterocycles. The number of Topliss-reactive ketones (excluding diaryl/α,β-unsaturated/α-hetero) is 1. The van der Waals surface area contributed by atoms with Crippen LogP contribution in [0.1, 0.15) is 28.4 Å². The summed E-state index contributed by atoms with van der Waals surface area (Å²) in [6, 6.07) is 15.0. The van der Waals surface area contributed by atoms with Gasteiger partial charge < -0.3 is 9.47 Å². The molecule has 0 saturated carbocycles. The van der Waals surface area contributed by atoms with Gasteiger partial charge in [-0.2, -0.15) is 0 Å². The standard InChI is InChI=1S/C16H14O3/c1-18-14-8-4-3-7-12(14)16-10-13(17)11-6-2-5-9-15(11)19-16/h2-9,16H,10H2,1H3/t16-/m1/s1. The summed E-state index contributed by atoms with van der Waals surface area (Å²) < 4.78 is 11.3. The SMILES string of the molecule is COc1ccccc1[C@H]1CC(=O)c2ccccc2O1. The third-order valence-corrected chi connectivity index (χ3v) is 3.31. The lowest BCUT2D eigenvalue weighted by Gasteiger charge is -2.26. The van der Waals surface area contributed by atoms with Crippen molar-refractivity contribution in [1.29, 1.82) is 0 Å². The Kier molecular flexibility index (Phi) is 2.95. The second kappa shape index (κ2) is 4.76. The van der Waals surface area contributed by atoms with Crippen molar-refractivity contribution in [3.8, 4) is 11.5 Å². The van der Waals surface area contributed by atoms with E-state index in [2.05, 4.69) is 0 Å². The lowest BCUT2D eigenvalue weighted by Crippen LogP contribution is -2.20. The van der Waals surface area contributed by atoms with E-state index in [-0.39, 0.29) is 11.9 Å². The van der Waals surface area contributed by atoms with Gasteiger partial charge >= 0.3 is 0 Å². The number of carbonyl (C=O) groups excluding carboxylic acids is 1. The number of fused-ring (bicyclic) bond motifs is 1. The molecule has 0 N–H and O–H groups in total. The van der Waals surface area contributed by atoms with Gasteiger partial charge in [0, 0.05) is 5.56 Å². The first-order chi connectivity index (χ1) is 9.29. The van der Waals surface area contributed by atoms with E-state index in [1.54, 1.807) is 13.2 Å². The quantitative estimate of drug-likeness (QED) is 0.824. The van der Waals surface area contributed by atoms with Crippen LogP contribution in [0.3, 0.4) is 0 Å². The Bertz CT molecular complexity index is 619. The minimum Gasteiger partial charge on any atom is -0.496 e. The van der Waals surface area contributed by atoms with Crippen molar-refractivity contribution in [2.75, 3.05) is 7.11 Å². The molecule has 0 aliphatic carbocycles. The van der Waals surface area contributed by atoms with Gasteiger partial charge in [0.1, 0.15) is 17.6 Å². The van der Waals surface area contributed by atoms with E-state index in [4.69, 9.17) is 9.47 Å². The second-order valence-corrected chi connectivity index (χ2v) is 4.47. The smallest absolute Gasteiger partial charge is 0.170 e. The molecule has 0 radical (unpaired) electrons. The maximum Gasteiger partial charge on any atom is 0.170 e. The lowest BCUT2D eigenvalue weighted by molar-refractivity contribution is 0.0847. The molecule has 0 amide bonds. The lowest BCUT2D eigenvalue weighted by atomic mass is 9.96. The Morgan fingerprint density at radius 2 is 1.84 bits per heavy atom. The first kappa shape index (κ1) is 11.8. The summed E-state index contributed by atoms with van der Waals surface area (Å²) in [6.45, 7) is 0. The van der Waals surface area contributed by atoms with Crippen LogP contribution in [0.4, 0.5) is 0 Å². The van der Waals surface area contributed by atoms with Gasteiger partial charge in [0.05, 0.1) is 19.1 Å². The van der Waals surface area contributed by atoms with E-state index in [9.17, 15) is 4.79 Å². The van der Waals surface area contributed by atoms with E-state index in [0.717, 1.165) is 11.3 Å². The molecule has 3 nitrogen and oxygen atoms in total. The molecule has 0 bridgehead atoms. The van der Waals surface area contributed by atoms with Crippen molar-refractivity contribution in [1.82, 2.24) is 0 Å². The summed E-state index contributed by atoms with van der Waals surface area (Å²) in [4.78, 5) is 12.1. The van der Waals surface area contributed by atoms with Crippen molar-refractivity contribution < 1.29 is 14.3 Å². The molecule has 0 unspecified atom stereocenters. The molecule has 1 atom stereocenters. The zero-order chi connectivity index (χ0) is 13.2. The third kappa shape index (κ3) is 2.08. The maximum absolute atomic E-state index is 12.1. The molecule has 3 rings (SSSR count). The Labute approximate surface area is 111 Å². The Morgan fingerprint density at radius 3 is 2.68 bits per heavy atom. The third-order valence-electron chi connectivity index (χ3n) is 3.31. The number of benzene rings is 2. The van der Waals surface area contributed by atoms with Crippen LogP contribution in [0, 0.1) is 0 Å². The largest absolute Gasteiger partial charge is 0.496 e. The maximum atomic E-state index is 12.1. The number of methoxy groups -OCH3 is 1. The number of rotatable bonds is 2. The fraction of sp³-hybridized carbons (Fsp3) is 0.188. The highest BCUT2D eigenvalue weighted by Gasteiger charge is 2.28. The Balaban J connectivity index is 1.99. The molecule has 0 saturated heterocycles. The first-order valence-corrected chi connectivity index (χ1v) is 6.21. The number of ether oxygens (including phenoxy) is 2. The van der Waals surface area contributed by atoms with Crippen molar-refractivity contribution in [3.05, 3.63) is 59.7 Å². The van der Waals surface area contributed by atoms with Crippen molar-refractivity contribution in [3.63, 3.8) is 0 Å². The number of hydrogen-bond donors (Lipinski definition) is 0. The monoisotopic (exact) mass is 254 g/mol. The molecule has 2 aromatic rings. The molecule has 3 heteroatoms. The minimum atomic E-state index is -0.279. The fourth-order valence-electron chi connectivity index (χ4n) is 2.38. The van der Waals surface area contributed by atoms with Gasteiger partial charge in [0.15, 0.2) is 5.78 Å². The molecular weight excluding hydrogens is 240 g/mol. The average molecular weight is 254 g/mol. The molecule has 0 fully saturated rings. The van der Waals surface area contributed by atoms with Gasteiger partial charge in [0.25, 0.3) is 0 Å². The van der Waals surface area contributed by atoms with Crippen LogP contribution < -0.4 is 9.47 Å². The average Bonchev–Trinajstić information content (AvgIpc) is 2.47. The van der Waals surface area contributed by atoms with E-state index in [1.807, 2.05) is 42.5 Å². The normalized spacial score (nSPS) is 17.5. The van der Waals surface area contributed by atoms with Gasteiger partial charge in [-0.15, -0.1) is 0 Å². The molecule has 0 aromatic heterocycles. The van der Waals surface area contributed by atoms with E-state index in [1.165, 1.54) is 0 Å². The number of carbonyl (C=O) groups is 1. The van der Waals surface area contributed by atoms with Crippen LogP contribution >= 0.6 is 0 Å². The topological polar surface area (TPSA) is 35.5 Å². The summed E-state index contributed by atoms with van der Waals surface area (Å²) in [6.07, 6.45) is 0.0655. The summed E-state index contributed by atoms with van der Waals surface area (Å²) in [5, 5.41) is 0. The summed E-state index contributed by atoms with van der Waals surface area (Å²) in [5.41, 5.74) is 1.57. The first-order valence-electron chi connectivity index (χ1n) is 6.21. The molecule has 1 aliphatic rings. The van der Waals surface area contributed by atoms with Gasteiger partial charge in [-0.3, -0.25) is 4.79 Å². The molecule has 19 heavy (non-hydrogen) atoms. The predicted octanol–water partition coefficient (Wildman–Crippen LogP) is 3.40. The van der Waals surface area contributed by atoms with Crippen LogP contribution in [0.2, 0.25) is 0 Å².